The van der Waals surface area contributed by atoms with E-state index in [-0.39, 0.29) is 38.8 Å². The third kappa shape index (κ3) is 5.96. The molecule has 196 valence electrons. The molecule has 4 heteroatoms. The zero-order valence-electron chi connectivity index (χ0n) is 24.2. The topological polar surface area (TPSA) is 58.6 Å². The maximum Gasteiger partial charge on any atom is 0.172 e. The lowest BCUT2D eigenvalue weighted by molar-refractivity contribution is -0.315. The van der Waals surface area contributed by atoms with Crippen molar-refractivity contribution >= 4 is 5.78 Å². The van der Waals surface area contributed by atoms with E-state index in [9.17, 15) is 9.90 Å². The molecule has 0 aromatic carbocycles. The van der Waals surface area contributed by atoms with Crippen molar-refractivity contribution in [1.29, 1.82) is 0 Å². The van der Waals surface area contributed by atoms with Gasteiger partial charge in [-0.15, -0.1) is 5.76 Å². The van der Waals surface area contributed by atoms with Gasteiger partial charge < -0.3 is 14.6 Å². The van der Waals surface area contributed by atoms with Crippen molar-refractivity contribution in [2.45, 2.75) is 83.1 Å². The molecule has 0 radical (unpaired) electrons. The minimum Gasteiger partial charge on any atom is -0.874 e. The van der Waals surface area contributed by atoms with E-state index < -0.39 is 5.92 Å². The number of hydrogen-bond donors (Lipinski definition) is 0. The first kappa shape index (κ1) is 27.8. The van der Waals surface area contributed by atoms with Crippen LogP contribution in [0.2, 0.25) is 0 Å². The Balaban J connectivity index is 2.01. The highest BCUT2D eigenvalue weighted by Gasteiger charge is 2.34. The lowest BCUT2D eigenvalue weighted by Crippen LogP contribution is -2.36. The molecule has 2 heterocycles. The molecule has 0 bridgehead atoms. The molecule has 1 atom stereocenters. The minimum atomic E-state index is -0.767. The molecule has 36 heavy (non-hydrogen) atoms. The zero-order chi connectivity index (χ0) is 27.4. The van der Waals surface area contributed by atoms with E-state index in [0.717, 1.165) is 34.2 Å². The molecule has 0 spiro atoms. The van der Waals surface area contributed by atoms with Crippen LogP contribution in [0.4, 0.5) is 0 Å². The van der Waals surface area contributed by atoms with E-state index in [0.29, 0.717) is 0 Å². The van der Waals surface area contributed by atoms with Crippen LogP contribution < -0.4 is 5.11 Å². The summed E-state index contributed by atoms with van der Waals surface area (Å²) in [5.41, 5.74) is 1.10. The second-order valence-corrected chi connectivity index (χ2v) is 14.2. The maximum absolute atomic E-state index is 13.1. The molecule has 3 aliphatic rings. The van der Waals surface area contributed by atoms with Crippen molar-refractivity contribution in [3.05, 3.63) is 82.0 Å². The summed E-state index contributed by atoms with van der Waals surface area (Å²) in [6, 6.07) is 0. The van der Waals surface area contributed by atoms with Gasteiger partial charge in [0.05, 0.1) is 5.92 Å². The molecule has 1 unspecified atom stereocenters. The van der Waals surface area contributed by atoms with Gasteiger partial charge >= 0.3 is 0 Å². The van der Waals surface area contributed by atoms with E-state index >= 15 is 0 Å². The Labute approximate surface area is 217 Å². The normalized spacial score (nSPS) is 21.6. The van der Waals surface area contributed by atoms with Gasteiger partial charge in [0.15, 0.2) is 5.78 Å². The zero-order valence-corrected chi connectivity index (χ0v) is 24.2. The first-order valence-electron chi connectivity index (χ1n) is 12.8. The molecule has 0 aromatic rings. The van der Waals surface area contributed by atoms with Crippen molar-refractivity contribution in [2.75, 3.05) is 0 Å². The lowest BCUT2D eigenvalue weighted by atomic mass is 9.78. The Morgan fingerprint density at radius 1 is 0.639 bits per heavy atom. The van der Waals surface area contributed by atoms with Gasteiger partial charge in [0, 0.05) is 27.2 Å². The van der Waals surface area contributed by atoms with Crippen LogP contribution in [-0.4, -0.2) is 5.78 Å². The number of carbonyl (C=O) groups is 1. The predicted octanol–water partition coefficient (Wildman–Crippen LogP) is 7.43. The van der Waals surface area contributed by atoms with Gasteiger partial charge in [-0.2, -0.15) is 0 Å². The maximum atomic E-state index is 13.1. The fraction of sp³-hybridized carbons (Fsp3) is 0.531. The Bertz CT molecular complexity index is 1100. The number of rotatable bonds is 2. The Hall–Kier alpha value is -2.75. The molecule has 3 rings (SSSR count). The van der Waals surface area contributed by atoms with Crippen molar-refractivity contribution in [3.63, 3.8) is 0 Å². The van der Waals surface area contributed by atoms with Crippen LogP contribution in [0.15, 0.2) is 82.0 Å². The predicted molar refractivity (Wildman–Crippen MR) is 144 cm³/mol. The molecular weight excluding hydrogens is 448 g/mol. The smallest absolute Gasteiger partial charge is 0.172 e. The average Bonchev–Trinajstić information content (AvgIpc) is 2.72. The first-order chi connectivity index (χ1) is 16.2. The number of Topliss-reactive ketones (excluding diaryl/α,β-unsaturated/α-hetero) is 1. The summed E-state index contributed by atoms with van der Waals surface area (Å²) in [4.78, 5) is 13.1. The Morgan fingerprint density at radius 2 is 0.972 bits per heavy atom. The number of carbonyl (C=O) groups excluding carboxylic acids is 1. The van der Waals surface area contributed by atoms with E-state index in [2.05, 4.69) is 83.1 Å². The molecular formula is C32H43O4-. The summed E-state index contributed by atoms with van der Waals surface area (Å²) < 4.78 is 12.4. The van der Waals surface area contributed by atoms with Gasteiger partial charge in [0.25, 0.3) is 0 Å². The summed E-state index contributed by atoms with van der Waals surface area (Å²) in [6.45, 7) is 25.1. The van der Waals surface area contributed by atoms with Gasteiger partial charge in [0.2, 0.25) is 0 Å². The molecule has 0 aromatic heterocycles. The van der Waals surface area contributed by atoms with Crippen molar-refractivity contribution < 1.29 is 19.4 Å². The Morgan fingerprint density at radius 3 is 1.28 bits per heavy atom. The highest BCUT2D eigenvalue weighted by molar-refractivity contribution is 6.09. The van der Waals surface area contributed by atoms with Crippen LogP contribution in [0.3, 0.4) is 0 Å². The molecule has 0 fully saturated rings. The van der Waals surface area contributed by atoms with Crippen LogP contribution in [0.5, 0.6) is 0 Å². The minimum absolute atomic E-state index is 0.147. The van der Waals surface area contributed by atoms with Gasteiger partial charge in [0.1, 0.15) is 23.0 Å². The summed E-state index contributed by atoms with van der Waals surface area (Å²) in [6.07, 6.45) is 11.3. The summed E-state index contributed by atoms with van der Waals surface area (Å²) in [5, 5.41) is 13.1. The fourth-order valence-electron chi connectivity index (χ4n) is 3.85. The van der Waals surface area contributed by atoms with E-state index in [1.807, 2.05) is 24.3 Å². The van der Waals surface area contributed by atoms with Crippen molar-refractivity contribution in [3.8, 4) is 0 Å². The van der Waals surface area contributed by atoms with E-state index in [1.54, 1.807) is 12.2 Å². The van der Waals surface area contributed by atoms with Crippen molar-refractivity contribution in [2.24, 2.45) is 27.6 Å². The van der Waals surface area contributed by atoms with E-state index in [1.165, 1.54) is 0 Å². The quantitative estimate of drug-likeness (QED) is 0.403. The van der Waals surface area contributed by atoms with Gasteiger partial charge in [-0.3, -0.25) is 4.79 Å². The number of allylic oxidation sites excluding steroid dienone is 13. The van der Waals surface area contributed by atoms with Crippen LogP contribution in [0.1, 0.15) is 83.1 Å². The molecule has 2 aliphatic heterocycles. The highest BCUT2D eigenvalue weighted by atomic mass is 16.5. The number of hydrogen-bond acceptors (Lipinski definition) is 4. The third-order valence-electron chi connectivity index (χ3n) is 6.35. The fourth-order valence-corrected chi connectivity index (χ4v) is 3.85. The third-order valence-corrected chi connectivity index (χ3v) is 6.35. The average molecular weight is 492 g/mol. The molecule has 0 N–H and O–H groups in total. The molecule has 4 nitrogen and oxygen atoms in total. The van der Waals surface area contributed by atoms with Crippen LogP contribution in [0, 0.1) is 27.6 Å². The second-order valence-electron chi connectivity index (χ2n) is 14.2. The molecule has 0 saturated heterocycles. The van der Waals surface area contributed by atoms with Crippen LogP contribution in [-0.2, 0) is 14.3 Å². The standard InChI is InChI=1S/C32H44O4/c1-29(2,3)23-15-19(16-24(35-23)30(4,5)6)13-21-27(33)22(28(21)34)14-20-17-25(31(7,8)9)36-26(18-20)32(10,11)12/h13-18,21,33H,1-12H3/p-1. The van der Waals surface area contributed by atoms with Gasteiger partial charge in [-0.05, 0) is 41.5 Å². The van der Waals surface area contributed by atoms with E-state index in [4.69, 9.17) is 9.47 Å². The monoisotopic (exact) mass is 491 g/mol. The van der Waals surface area contributed by atoms with Gasteiger partial charge in [-0.25, -0.2) is 0 Å². The Kier molecular flexibility index (Phi) is 6.94. The largest absolute Gasteiger partial charge is 0.874 e. The van der Waals surface area contributed by atoms with Crippen LogP contribution in [0.25, 0.3) is 0 Å². The van der Waals surface area contributed by atoms with Gasteiger partial charge in [-0.1, -0.05) is 89.2 Å². The first-order valence-corrected chi connectivity index (χ1v) is 12.8. The highest BCUT2D eigenvalue weighted by Crippen LogP contribution is 2.42. The van der Waals surface area contributed by atoms with Crippen molar-refractivity contribution in [1.82, 2.24) is 0 Å². The molecule has 0 saturated carbocycles. The second kappa shape index (κ2) is 8.97. The lowest BCUT2D eigenvalue weighted by Gasteiger charge is -2.36. The van der Waals surface area contributed by atoms with Crippen LogP contribution >= 0.6 is 0 Å². The summed E-state index contributed by atoms with van der Waals surface area (Å²) in [7, 11) is 0. The summed E-state index contributed by atoms with van der Waals surface area (Å²) >= 11 is 0. The molecule has 0 amide bonds. The molecule has 1 aliphatic carbocycles. The SMILES string of the molecule is CC(C)(C)C1=CC(=CC2=C([O-])C(C=C3C=C(C(C)(C)C)OC(C(C)(C)C)=C3)C2=O)C=C(C(C)(C)C)O1. The number of ether oxygens (including phenoxy) is 2. The number of ketones is 1. The summed E-state index contributed by atoms with van der Waals surface area (Å²) in [5.74, 6) is 2.24.